The Balaban J connectivity index is 1.86. The van der Waals surface area contributed by atoms with Gasteiger partial charge in [-0.25, -0.2) is 4.98 Å². The van der Waals surface area contributed by atoms with Crippen LogP contribution < -0.4 is 5.73 Å². The third-order valence-corrected chi connectivity index (χ3v) is 4.64. The highest BCUT2D eigenvalue weighted by atomic mass is 32.2. The summed E-state index contributed by atoms with van der Waals surface area (Å²) in [6.45, 7) is 2.21. The van der Waals surface area contributed by atoms with Crippen molar-refractivity contribution in [3.05, 3.63) is 12.4 Å². The summed E-state index contributed by atoms with van der Waals surface area (Å²) in [4.78, 5) is 19.2. The molecule has 0 radical (unpaired) electrons. The molecule has 2 atom stereocenters. The number of carbonyl (C=O) groups is 1. The Bertz CT molecular complexity index is 410. The zero-order chi connectivity index (χ0) is 13.7. The lowest BCUT2D eigenvalue weighted by molar-refractivity contribution is -0.151. The third-order valence-electron chi connectivity index (χ3n) is 3.71. The topological polar surface area (TPSA) is 81.0 Å². The normalized spacial score (nSPS) is 26.5. The molecule has 0 amide bonds. The minimum atomic E-state index is -0.778. The summed E-state index contributed by atoms with van der Waals surface area (Å²) in [6.07, 6.45) is 7.22. The first-order chi connectivity index (χ1) is 9.16. The Morgan fingerprint density at radius 1 is 1.74 bits per heavy atom. The van der Waals surface area contributed by atoms with Crippen LogP contribution in [0.25, 0.3) is 0 Å². The molecule has 0 aromatic carbocycles. The van der Waals surface area contributed by atoms with Crippen molar-refractivity contribution in [3.63, 3.8) is 0 Å². The number of nitrogens with two attached hydrogens (primary N) is 1. The lowest BCUT2D eigenvalue weighted by atomic mass is 9.86. The number of aromatic amines is 1. The molecule has 3 N–H and O–H groups in total. The van der Waals surface area contributed by atoms with E-state index < -0.39 is 5.54 Å². The predicted octanol–water partition coefficient (Wildman–Crippen LogP) is 1.95. The summed E-state index contributed by atoms with van der Waals surface area (Å²) < 4.78 is 5.12. The van der Waals surface area contributed by atoms with Gasteiger partial charge in [-0.3, -0.25) is 4.79 Å². The van der Waals surface area contributed by atoms with Gasteiger partial charge in [-0.05, 0) is 32.1 Å². The Morgan fingerprint density at radius 3 is 3.26 bits per heavy atom. The number of hydrogen-bond donors (Lipinski definition) is 2. The van der Waals surface area contributed by atoms with E-state index in [9.17, 15) is 4.79 Å². The lowest BCUT2D eigenvalue weighted by Gasteiger charge is -2.28. The molecule has 0 saturated heterocycles. The SMILES string of the molecule is CCOC(=O)C1(N)CCCC1CCSc1ncc[nH]1. The van der Waals surface area contributed by atoms with E-state index in [1.165, 1.54) is 0 Å². The standard InChI is InChI=1S/C13H21N3O2S/c1-2-18-11(17)13(14)6-3-4-10(13)5-9-19-12-15-7-8-16-12/h7-8,10H,2-6,9,14H2,1H3,(H,15,16). The second kappa shape index (κ2) is 6.43. The highest BCUT2D eigenvalue weighted by Gasteiger charge is 2.46. The molecule has 6 heteroatoms. The Labute approximate surface area is 117 Å². The van der Waals surface area contributed by atoms with Crippen molar-refractivity contribution in [3.8, 4) is 0 Å². The number of esters is 1. The maximum absolute atomic E-state index is 12.0. The van der Waals surface area contributed by atoms with E-state index in [1.54, 1.807) is 18.0 Å². The molecule has 1 fully saturated rings. The van der Waals surface area contributed by atoms with Gasteiger partial charge in [0.15, 0.2) is 5.16 Å². The van der Waals surface area contributed by atoms with Crippen molar-refractivity contribution < 1.29 is 9.53 Å². The van der Waals surface area contributed by atoms with Crippen molar-refractivity contribution in [2.24, 2.45) is 11.7 Å². The van der Waals surface area contributed by atoms with Gasteiger partial charge in [0.05, 0.1) is 6.61 Å². The molecule has 1 aromatic heterocycles. The lowest BCUT2D eigenvalue weighted by Crippen LogP contribution is -2.52. The van der Waals surface area contributed by atoms with Gasteiger partial charge < -0.3 is 15.5 Å². The summed E-state index contributed by atoms with van der Waals surface area (Å²) in [7, 11) is 0. The maximum atomic E-state index is 12.0. The van der Waals surface area contributed by atoms with E-state index in [2.05, 4.69) is 9.97 Å². The van der Waals surface area contributed by atoms with Crippen molar-refractivity contribution >= 4 is 17.7 Å². The summed E-state index contributed by atoms with van der Waals surface area (Å²) in [5.74, 6) is 0.894. The monoisotopic (exact) mass is 283 g/mol. The Kier molecular flexibility index (Phi) is 4.87. The van der Waals surface area contributed by atoms with Gasteiger partial charge in [0.25, 0.3) is 0 Å². The fraction of sp³-hybridized carbons (Fsp3) is 0.692. The summed E-state index contributed by atoms with van der Waals surface area (Å²) in [5, 5.41) is 0.914. The molecule has 0 bridgehead atoms. The van der Waals surface area contributed by atoms with Gasteiger partial charge in [-0.1, -0.05) is 18.2 Å². The third kappa shape index (κ3) is 3.30. The van der Waals surface area contributed by atoms with E-state index >= 15 is 0 Å². The van der Waals surface area contributed by atoms with Crippen LogP contribution in [0.5, 0.6) is 0 Å². The second-order valence-electron chi connectivity index (χ2n) is 4.88. The number of carbonyl (C=O) groups excluding carboxylic acids is 1. The molecule has 1 aliphatic rings. The number of rotatable bonds is 6. The van der Waals surface area contributed by atoms with Crippen molar-refractivity contribution in [1.82, 2.24) is 9.97 Å². The average molecular weight is 283 g/mol. The number of thioether (sulfide) groups is 1. The Morgan fingerprint density at radius 2 is 2.58 bits per heavy atom. The number of ether oxygens (including phenoxy) is 1. The van der Waals surface area contributed by atoms with Crippen LogP contribution in [0, 0.1) is 5.92 Å². The van der Waals surface area contributed by atoms with E-state index in [4.69, 9.17) is 10.5 Å². The van der Waals surface area contributed by atoms with Gasteiger partial charge in [-0.15, -0.1) is 0 Å². The van der Waals surface area contributed by atoms with Crippen LogP contribution in [0.4, 0.5) is 0 Å². The smallest absolute Gasteiger partial charge is 0.326 e. The maximum Gasteiger partial charge on any atom is 0.326 e. The highest BCUT2D eigenvalue weighted by molar-refractivity contribution is 7.99. The number of hydrogen-bond acceptors (Lipinski definition) is 5. The van der Waals surface area contributed by atoms with E-state index in [0.29, 0.717) is 6.61 Å². The van der Waals surface area contributed by atoms with Crippen LogP contribution in [0.1, 0.15) is 32.6 Å². The van der Waals surface area contributed by atoms with Gasteiger partial charge in [0.1, 0.15) is 5.54 Å². The van der Waals surface area contributed by atoms with Gasteiger partial charge in [0.2, 0.25) is 0 Å². The number of H-pyrrole nitrogens is 1. The second-order valence-corrected chi connectivity index (χ2v) is 5.97. The molecule has 5 nitrogen and oxygen atoms in total. The van der Waals surface area contributed by atoms with Crippen LogP contribution in [-0.2, 0) is 9.53 Å². The fourth-order valence-electron chi connectivity index (χ4n) is 2.67. The van der Waals surface area contributed by atoms with E-state index in [-0.39, 0.29) is 11.9 Å². The number of aromatic nitrogens is 2. The number of nitrogens with zero attached hydrogens (tertiary/aromatic N) is 1. The molecule has 2 rings (SSSR count). The van der Waals surface area contributed by atoms with Crippen molar-refractivity contribution in [2.75, 3.05) is 12.4 Å². The molecule has 1 aromatic rings. The van der Waals surface area contributed by atoms with Crippen LogP contribution in [0.2, 0.25) is 0 Å². The first kappa shape index (κ1) is 14.4. The average Bonchev–Trinajstić information content (AvgIpc) is 3.01. The molecule has 0 aliphatic heterocycles. The first-order valence-corrected chi connectivity index (χ1v) is 7.73. The molecular weight excluding hydrogens is 262 g/mol. The molecule has 106 valence electrons. The largest absolute Gasteiger partial charge is 0.465 e. The fourth-order valence-corrected chi connectivity index (χ4v) is 3.55. The minimum Gasteiger partial charge on any atom is -0.465 e. The van der Waals surface area contributed by atoms with Gasteiger partial charge in [-0.2, -0.15) is 0 Å². The molecule has 0 spiro atoms. The Hall–Kier alpha value is -1.01. The first-order valence-electron chi connectivity index (χ1n) is 6.75. The van der Waals surface area contributed by atoms with Crippen molar-refractivity contribution in [2.45, 2.75) is 43.3 Å². The van der Waals surface area contributed by atoms with Crippen LogP contribution in [0.3, 0.4) is 0 Å². The zero-order valence-corrected chi connectivity index (χ0v) is 12.0. The number of imidazole rings is 1. The molecule has 1 saturated carbocycles. The van der Waals surface area contributed by atoms with Crippen LogP contribution in [-0.4, -0.2) is 33.8 Å². The summed E-state index contributed by atoms with van der Waals surface area (Å²) in [5.41, 5.74) is 5.51. The molecule has 2 unspecified atom stereocenters. The predicted molar refractivity (Wildman–Crippen MR) is 74.8 cm³/mol. The van der Waals surface area contributed by atoms with Gasteiger partial charge in [0, 0.05) is 18.1 Å². The molecule has 19 heavy (non-hydrogen) atoms. The van der Waals surface area contributed by atoms with E-state index in [0.717, 1.165) is 36.6 Å². The van der Waals surface area contributed by atoms with Crippen LogP contribution in [0.15, 0.2) is 17.6 Å². The summed E-state index contributed by atoms with van der Waals surface area (Å²) in [6, 6.07) is 0. The van der Waals surface area contributed by atoms with Crippen molar-refractivity contribution in [1.29, 1.82) is 0 Å². The highest BCUT2D eigenvalue weighted by Crippen LogP contribution is 2.38. The van der Waals surface area contributed by atoms with Crippen LogP contribution >= 0.6 is 11.8 Å². The van der Waals surface area contributed by atoms with E-state index in [1.807, 2.05) is 13.1 Å². The quantitative estimate of drug-likeness (QED) is 0.616. The molecule has 1 aliphatic carbocycles. The molecule has 1 heterocycles. The molecular formula is C13H21N3O2S. The zero-order valence-electron chi connectivity index (χ0n) is 11.2. The minimum absolute atomic E-state index is 0.217. The van der Waals surface area contributed by atoms with Gasteiger partial charge >= 0.3 is 5.97 Å². The summed E-state index contributed by atoms with van der Waals surface area (Å²) >= 11 is 1.67. The number of nitrogens with one attached hydrogen (secondary N) is 1.